The molecule has 0 fully saturated rings. The predicted octanol–water partition coefficient (Wildman–Crippen LogP) is 13.7. The number of benzene rings is 8. The third kappa shape index (κ3) is 5.01. The van der Waals surface area contributed by atoms with Gasteiger partial charge < -0.3 is 4.57 Å². The first kappa shape index (κ1) is 30.1. The van der Waals surface area contributed by atoms with E-state index in [2.05, 4.69) is 180 Å². The Bertz CT molecular complexity index is 3010. The van der Waals surface area contributed by atoms with E-state index >= 15 is 0 Å². The van der Waals surface area contributed by atoms with Gasteiger partial charge in [0.15, 0.2) is 0 Å². The van der Waals surface area contributed by atoms with Crippen LogP contribution in [0.1, 0.15) is 5.56 Å². The zero-order valence-corrected chi connectivity index (χ0v) is 28.9. The molecule has 0 N–H and O–H groups in total. The van der Waals surface area contributed by atoms with Gasteiger partial charge in [0.25, 0.3) is 0 Å². The molecule has 0 aliphatic heterocycles. The molecule has 10 rings (SSSR count). The number of aromatic nitrogens is 1. The molecule has 0 saturated carbocycles. The summed E-state index contributed by atoms with van der Waals surface area (Å²) >= 11 is 1.81. The van der Waals surface area contributed by atoms with Crippen LogP contribution < -0.4 is 0 Å². The normalized spacial score (nSPS) is 11.4. The molecule has 0 atom stereocenters. The molecule has 0 spiro atoms. The summed E-state index contributed by atoms with van der Waals surface area (Å²) in [6.07, 6.45) is 0. The molecule has 2 aromatic heterocycles. The molecule has 10 aromatic rings. The van der Waals surface area contributed by atoms with Gasteiger partial charge in [-0.25, -0.2) is 0 Å². The second-order valence-corrected chi connectivity index (χ2v) is 14.3. The van der Waals surface area contributed by atoms with E-state index in [0.29, 0.717) is 5.56 Å². The van der Waals surface area contributed by atoms with Crippen LogP contribution in [0, 0.1) is 11.3 Å². The summed E-state index contributed by atoms with van der Waals surface area (Å²) in [7, 11) is 0. The topological polar surface area (TPSA) is 28.7 Å². The zero-order chi connectivity index (χ0) is 34.6. The molecular weight excluding hydrogens is 649 g/mol. The summed E-state index contributed by atoms with van der Waals surface area (Å²) in [6.45, 7) is 0. The van der Waals surface area contributed by atoms with E-state index in [4.69, 9.17) is 0 Å². The van der Waals surface area contributed by atoms with Gasteiger partial charge in [0.05, 0.1) is 22.7 Å². The van der Waals surface area contributed by atoms with Crippen molar-refractivity contribution in [2.24, 2.45) is 0 Å². The lowest BCUT2D eigenvalue weighted by molar-refractivity contribution is 1.18. The molecule has 8 aromatic carbocycles. The fourth-order valence-corrected chi connectivity index (χ4v) is 8.97. The maximum atomic E-state index is 10.0. The molecule has 0 aliphatic rings. The maximum Gasteiger partial charge on any atom is 0.0992 e. The van der Waals surface area contributed by atoms with Crippen LogP contribution in [0.25, 0.3) is 92.2 Å². The Morgan fingerprint density at radius 1 is 0.404 bits per heavy atom. The van der Waals surface area contributed by atoms with Crippen molar-refractivity contribution in [3.8, 4) is 56.3 Å². The van der Waals surface area contributed by atoms with Gasteiger partial charge in [-0.1, -0.05) is 121 Å². The van der Waals surface area contributed by atoms with Crippen molar-refractivity contribution in [3.05, 3.63) is 188 Å². The lowest BCUT2D eigenvalue weighted by Crippen LogP contribution is -1.92. The van der Waals surface area contributed by atoms with Crippen LogP contribution in [0.2, 0.25) is 0 Å². The molecule has 0 aliphatic carbocycles. The third-order valence-electron chi connectivity index (χ3n) is 10.2. The quantitative estimate of drug-likeness (QED) is 0.178. The summed E-state index contributed by atoms with van der Waals surface area (Å²) in [6, 6.07) is 67.3. The summed E-state index contributed by atoms with van der Waals surface area (Å²) in [5.41, 5.74) is 13.3. The van der Waals surface area contributed by atoms with Crippen LogP contribution in [-0.2, 0) is 0 Å². The second-order valence-electron chi connectivity index (χ2n) is 13.3. The number of para-hydroxylation sites is 2. The lowest BCUT2D eigenvalue weighted by atomic mass is 9.94. The molecule has 0 saturated heterocycles. The van der Waals surface area contributed by atoms with Gasteiger partial charge in [0, 0.05) is 36.6 Å². The molecule has 2 nitrogen and oxygen atoms in total. The third-order valence-corrected chi connectivity index (χ3v) is 11.4. The number of nitrogens with zero attached hydrogens (tertiary/aromatic N) is 2. The monoisotopic (exact) mass is 678 g/mol. The minimum absolute atomic E-state index is 0.659. The average molecular weight is 679 g/mol. The Morgan fingerprint density at radius 2 is 1.00 bits per heavy atom. The van der Waals surface area contributed by atoms with Crippen LogP contribution in [-0.4, -0.2) is 4.57 Å². The summed E-state index contributed by atoms with van der Waals surface area (Å²) in [4.78, 5) is 0. The van der Waals surface area contributed by atoms with Crippen molar-refractivity contribution >= 4 is 53.3 Å². The highest BCUT2D eigenvalue weighted by molar-refractivity contribution is 7.26. The summed E-state index contributed by atoms with van der Waals surface area (Å²) < 4.78 is 4.88. The fourth-order valence-electron chi connectivity index (χ4n) is 7.73. The van der Waals surface area contributed by atoms with Crippen LogP contribution >= 0.6 is 11.3 Å². The molecule has 0 bridgehead atoms. The smallest absolute Gasteiger partial charge is 0.0992 e. The number of thiophene rings is 1. The molecule has 0 unspecified atom stereocenters. The molecule has 242 valence electrons. The van der Waals surface area contributed by atoms with E-state index in [0.717, 1.165) is 33.5 Å². The predicted molar refractivity (Wildman–Crippen MR) is 220 cm³/mol. The first-order chi connectivity index (χ1) is 25.7. The largest absolute Gasteiger partial charge is 0.309 e. The first-order valence-electron chi connectivity index (χ1n) is 17.5. The molecule has 2 heterocycles. The Labute approximate surface area is 305 Å². The maximum absolute atomic E-state index is 10.0. The van der Waals surface area contributed by atoms with Crippen molar-refractivity contribution in [2.45, 2.75) is 0 Å². The van der Waals surface area contributed by atoms with Crippen molar-refractivity contribution in [1.29, 1.82) is 5.26 Å². The van der Waals surface area contributed by atoms with Gasteiger partial charge in [-0.3, -0.25) is 0 Å². The number of rotatable bonds is 5. The Balaban J connectivity index is 1.00. The van der Waals surface area contributed by atoms with E-state index in [1.807, 2.05) is 23.5 Å². The van der Waals surface area contributed by atoms with E-state index in [1.165, 1.54) is 58.7 Å². The summed E-state index contributed by atoms with van der Waals surface area (Å²) in [5, 5.41) is 15.1. The number of hydrogen-bond acceptors (Lipinski definition) is 2. The van der Waals surface area contributed by atoms with Crippen LogP contribution in [0.15, 0.2) is 182 Å². The van der Waals surface area contributed by atoms with E-state index in [1.54, 1.807) is 0 Å². The van der Waals surface area contributed by atoms with Gasteiger partial charge in [-0.2, -0.15) is 5.26 Å². The Kier molecular flexibility index (Phi) is 7.09. The molecule has 0 radical (unpaired) electrons. The van der Waals surface area contributed by atoms with Gasteiger partial charge in [0.2, 0.25) is 0 Å². The Hall–Kier alpha value is -6.73. The fraction of sp³-hybridized carbons (Fsp3) is 0. The summed E-state index contributed by atoms with van der Waals surface area (Å²) in [5.74, 6) is 0. The highest BCUT2D eigenvalue weighted by Crippen LogP contribution is 2.41. The van der Waals surface area contributed by atoms with E-state index < -0.39 is 0 Å². The lowest BCUT2D eigenvalue weighted by Gasteiger charge is -2.11. The van der Waals surface area contributed by atoms with E-state index in [-0.39, 0.29) is 0 Å². The van der Waals surface area contributed by atoms with Crippen molar-refractivity contribution in [2.75, 3.05) is 0 Å². The average Bonchev–Trinajstić information content (AvgIpc) is 3.77. The van der Waals surface area contributed by atoms with Crippen LogP contribution in [0.3, 0.4) is 0 Å². The highest BCUT2D eigenvalue weighted by atomic mass is 32.1. The first-order valence-corrected chi connectivity index (χ1v) is 18.3. The Morgan fingerprint density at radius 3 is 1.83 bits per heavy atom. The van der Waals surface area contributed by atoms with Crippen molar-refractivity contribution in [1.82, 2.24) is 4.57 Å². The van der Waals surface area contributed by atoms with Gasteiger partial charge in [-0.05, 0) is 105 Å². The minimum atomic E-state index is 0.659. The van der Waals surface area contributed by atoms with Crippen molar-refractivity contribution in [3.63, 3.8) is 0 Å². The standard InChI is InChI=1S/C49H30N2S/c50-31-32-26-38(29-39(27-32)41-16-9-17-44-43-15-5-7-19-48(43)52-49(41)44)34-22-20-33(21-23-34)35-10-8-11-36(28-35)37-24-25-47-45(30-37)42-14-4-6-18-46(42)51(47)40-12-2-1-3-13-40/h1-30H. The molecule has 0 amide bonds. The highest BCUT2D eigenvalue weighted by Gasteiger charge is 2.15. The van der Waals surface area contributed by atoms with Gasteiger partial charge >= 0.3 is 0 Å². The van der Waals surface area contributed by atoms with Gasteiger partial charge in [-0.15, -0.1) is 11.3 Å². The number of hydrogen-bond donors (Lipinski definition) is 0. The second kappa shape index (κ2) is 12.2. The van der Waals surface area contributed by atoms with Crippen molar-refractivity contribution < 1.29 is 0 Å². The number of fused-ring (bicyclic) bond motifs is 6. The minimum Gasteiger partial charge on any atom is -0.309 e. The molecule has 52 heavy (non-hydrogen) atoms. The number of nitriles is 1. The molecule has 3 heteroatoms. The van der Waals surface area contributed by atoms with Gasteiger partial charge in [0.1, 0.15) is 0 Å². The van der Waals surface area contributed by atoms with E-state index in [9.17, 15) is 5.26 Å². The van der Waals surface area contributed by atoms with Crippen LogP contribution in [0.5, 0.6) is 0 Å². The zero-order valence-electron chi connectivity index (χ0n) is 28.1. The SMILES string of the molecule is N#Cc1cc(-c2ccc(-c3cccc(-c4ccc5c(c4)c4ccccc4n5-c4ccccc4)c3)cc2)cc(-c2cccc3c2sc2ccccc23)c1. The van der Waals surface area contributed by atoms with Crippen LogP contribution in [0.4, 0.5) is 0 Å². The molecular formula is C49H30N2S.